The zero-order chi connectivity index (χ0) is 13.8. The second-order valence-corrected chi connectivity index (χ2v) is 5.63. The molecule has 2 aromatic carbocycles. The first-order valence-corrected chi connectivity index (χ1v) is 7.45. The average Bonchev–Trinajstić information content (AvgIpc) is 2.48. The molecule has 0 aliphatic carbocycles. The van der Waals surface area contributed by atoms with Gasteiger partial charge in [-0.15, -0.1) is 0 Å². The fourth-order valence-electron chi connectivity index (χ4n) is 3.07. The molecule has 1 atom stereocenters. The van der Waals surface area contributed by atoms with E-state index in [1.807, 2.05) is 0 Å². The van der Waals surface area contributed by atoms with Crippen LogP contribution in [0.2, 0.25) is 0 Å². The maximum absolute atomic E-state index is 6.35. The molecule has 104 valence electrons. The van der Waals surface area contributed by atoms with E-state index in [-0.39, 0.29) is 6.04 Å². The van der Waals surface area contributed by atoms with Crippen LogP contribution in [0.25, 0.3) is 0 Å². The summed E-state index contributed by atoms with van der Waals surface area (Å²) in [4.78, 5) is 2.45. The van der Waals surface area contributed by atoms with Gasteiger partial charge in [-0.05, 0) is 36.5 Å². The van der Waals surface area contributed by atoms with Crippen LogP contribution in [-0.2, 0) is 12.8 Å². The van der Waals surface area contributed by atoms with Gasteiger partial charge in [0.25, 0.3) is 0 Å². The van der Waals surface area contributed by atoms with E-state index in [0.717, 1.165) is 19.5 Å². The number of benzene rings is 2. The van der Waals surface area contributed by atoms with Crippen LogP contribution in [0.1, 0.15) is 17.5 Å². The van der Waals surface area contributed by atoms with E-state index in [2.05, 4.69) is 59.5 Å². The third-order valence-corrected chi connectivity index (χ3v) is 4.00. The number of rotatable bonds is 4. The summed E-state index contributed by atoms with van der Waals surface area (Å²) in [5.41, 5.74) is 10.5. The molecule has 1 aliphatic heterocycles. The van der Waals surface area contributed by atoms with Crippen LogP contribution in [0, 0.1) is 0 Å². The summed E-state index contributed by atoms with van der Waals surface area (Å²) in [6, 6.07) is 19.4. The fourth-order valence-corrected chi connectivity index (χ4v) is 3.07. The van der Waals surface area contributed by atoms with Crippen molar-refractivity contribution in [1.82, 2.24) is 0 Å². The number of para-hydroxylation sites is 1. The Balaban J connectivity index is 1.66. The molecule has 2 aromatic rings. The lowest BCUT2D eigenvalue weighted by atomic mass is 10.00. The van der Waals surface area contributed by atoms with Crippen LogP contribution in [0.15, 0.2) is 54.6 Å². The SMILES string of the molecule is N[C@@H](Cc1ccccc1)CN1CCCc2ccccc21. The highest BCUT2D eigenvalue weighted by molar-refractivity contribution is 5.55. The van der Waals surface area contributed by atoms with Crippen molar-refractivity contribution in [2.24, 2.45) is 5.73 Å². The number of fused-ring (bicyclic) bond motifs is 1. The summed E-state index contributed by atoms with van der Waals surface area (Å²) >= 11 is 0. The van der Waals surface area contributed by atoms with E-state index in [4.69, 9.17) is 5.73 Å². The van der Waals surface area contributed by atoms with Gasteiger partial charge in [0.05, 0.1) is 0 Å². The topological polar surface area (TPSA) is 29.3 Å². The molecule has 20 heavy (non-hydrogen) atoms. The van der Waals surface area contributed by atoms with Crippen molar-refractivity contribution in [3.05, 3.63) is 65.7 Å². The van der Waals surface area contributed by atoms with Crippen LogP contribution < -0.4 is 10.6 Å². The molecule has 0 saturated carbocycles. The van der Waals surface area contributed by atoms with Crippen molar-refractivity contribution in [2.45, 2.75) is 25.3 Å². The van der Waals surface area contributed by atoms with Gasteiger partial charge in [0.15, 0.2) is 0 Å². The van der Waals surface area contributed by atoms with E-state index in [1.54, 1.807) is 0 Å². The fraction of sp³-hybridized carbons (Fsp3) is 0.333. The zero-order valence-electron chi connectivity index (χ0n) is 11.8. The van der Waals surface area contributed by atoms with Crippen LogP contribution in [0.3, 0.4) is 0 Å². The van der Waals surface area contributed by atoms with E-state index in [9.17, 15) is 0 Å². The third-order valence-electron chi connectivity index (χ3n) is 4.00. The van der Waals surface area contributed by atoms with Crippen LogP contribution >= 0.6 is 0 Å². The zero-order valence-corrected chi connectivity index (χ0v) is 11.8. The van der Waals surface area contributed by atoms with Gasteiger partial charge in [-0.1, -0.05) is 48.5 Å². The summed E-state index contributed by atoms with van der Waals surface area (Å²) in [6.07, 6.45) is 3.37. The Morgan fingerprint density at radius 2 is 1.75 bits per heavy atom. The Labute approximate surface area is 121 Å². The van der Waals surface area contributed by atoms with Gasteiger partial charge in [-0.25, -0.2) is 0 Å². The highest BCUT2D eigenvalue weighted by Gasteiger charge is 2.18. The van der Waals surface area contributed by atoms with Gasteiger partial charge < -0.3 is 10.6 Å². The van der Waals surface area contributed by atoms with Crippen LogP contribution in [-0.4, -0.2) is 19.1 Å². The number of nitrogens with zero attached hydrogens (tertiary/aromatic N) is 1. The number of aryl methyl sites for hydroxylation is 1. The number of nitrogens with two attached hydrogens (primary N) is 1. The van der Waals surface area contributed by atoms with E-state index < -0.39 is 0 Å². The normalized spacial score (nSPS) is 15.8. The summed E-state index contributed by atoms with van der Waals surface area (Å²) in [6.45, 7) is 2.06. The minimum absolute atomic E-state index is 0.184. The summed E-state index contributed by atoms with van der Waals surface area (Å²) in [5, 5.41) is 0. The molecule has 2 nitrogen and oxygen atoms in total. The van der Waals surface area contributed by atoms with Gasteiger partial charge in [-0.3, -0.25) is 0 Å². The molecule has 0 unspecified atom stereocenters. The summed E-state index contributed by atoms with van der Waals surface area (Å²) < 4.78 is 0. The summed E-state index contributed by atoms with van der Waals surface area (Å²) in [7, 11) is 0. The molecule has 3 rings (SSSR count). The lowest BCUT2D eigenvalue weighted by Gasteiger charge is -2.33. The molecule has 0 radical (unpaired) electrons. The van der Waals surface area contributed by atoms with E-state index in [0.29, 0.717) is 0 Å². The molecule has 0 amide bonds. The largest absolute Gasteiger partial charge is 0.370 e. The van der Waals surface area contributed by atoms with Crippen LogP contribution in [0.4, 0.5) is 5.69 Å². The van der Waals surface area contributed by atoms with Gasteiger partial charge >= 0.3 is 0 Å². The van der Waals surface area contributed by atoms with Crippen molar-refractivity contribution in [3.8, 4) is 0 Å². The van der Waals surface area contributed by atoms with Gasteiger partial charge in [0, 0.05) is 24.8 Å². The lowest BCUT2D eigenvalue weighted by Crippen LogP contribution is -2.41. The van der Waals surface area contributed by atoms with E-state index in [1.165, 1.54) is 29.7 Å². The molecular formula is C18H22N2. The molecule has 2 heteroatoms. The second-order valence-electron chi connectivity index (χ2n) is 5.63. The maximum atomic E-state index is 6.35. The molecule has 0 fully saturated rings. The number of hydrogen-bond acceptors (Lipinski definition) is 2. The smallest absolute Gasteiger partial charge is 0.0399 e. The van der Waals surface area contributed by atoms with Gasteiger partial charge in [0.1, 0.15) is 0 Å². The molecular weight excluding hydrogens is 244 g/mol. The molecule has 0 spiro atoms. The molecule has 0 bridgehead atoms. The predicted octanol–water partition coefficient (Wildman–Crippen LogP) is 3.01. The van der Waals surface area contributed by atoms with Gasteiger partial charge in [0.2, 0.25) is 0 Å². The van der Waals surface area contributed by atoms with Crippen molar-refractivity contribution in [3.63, 3.8) is 0 Å². The molecule has 1 aliphatic rings. The Hall–Kier alpha value is -1.80. The Morgan fingerprint density at radius 1 is 1.00 bits per heavy atom. The Kier molecular flexibility index (Phi) is 4.03. The summed E-state index contributed by atoms with van der Waals surface area (Å²) in [5.74, 6) is 0. The Bertz CT molecular complexity index is 550. The molecule has 0 saturated heterocycles. The van der Waals surface area contributed by atoms with Crippen LogP contribution in [0.5, 0.6) is 0 Å². The van der Waals surface area contributed by atoms with Crippen molar-refractivity contribution < 1.29 is 0 Å². The Morgan fingerprint density at radius 3 is 2.60 bits per heavy atom. The number of anilines is 1. The first-order chi connectivity index (χ1) is 9.83. The van der Waals surface area contributed by atoms with Gasteiger partial charge in [-0.2, -0.15) is 0 Å². The molecule has 2 N–H and O–H groups in total. The third kappa shape index (κ3) is 3.02. The second kappa shape index (κ2) is 6.10. The predicted molar refractivity (Wildman–Crippen MR) is 85.1 cm³/mol. The first kappa shape index (κ1) is 13.2. The molecule has 0 aromatic heterocycles. The first-order valence-electron chi connectivity index (χ1n) is 7.45. The maximum Gasteiger partial charge on any atom is 0.0399 e. The minimum Gasteiger partial charge on any atom is -0.370 e. The average molecular weight is 266 g/mol. The highest BCUT2D eigenvalue weighted by Crippen LogP contribution is 2.26. The van der Waals surface area contributed by atoms with Crippen molar-refractivity contribution in [1.29, 1.82) is 0 Å². The number of hydrogen-bond donors (Lipinski definition) is 1. The lowest BCUT2D eigenvalue weighted by molar-refractivity contribution is 0.601. The monoisotopic (exact) mass is 266 g/mol. The van der Waals surface area contributed by atoms with Crippen molar-refractivity contribution in [2.75, 3.05) is 18.0 Å². The standard InChI is InChI=1S/C18H22N2/c19-17(13-15-7-2-1-3-8-15)14-20-12-6-10-16-9-4-5-11-18(16)20/h1-5,7-9,11,17H,6,10,12-14,19H2/t17-/m0/s1. The van der Waals surface area contributed by atoms with Crippen molar-refractivity contribution >= 4 is 5.69 Å². The quantitative estimate of drug-likeness (QED) is 0.921. The highest BCUT2D eigenvalue weighted by atomic mass is 15.1. The molecule has 1 heterocycles. The van der Waals surface area contributed by atoms with E-state index >= 15 is 0 Å². The minimum atomic E-state index is 0.184.